The molecule has 2 heterocycles. The van der Waals surface area contributed by atoms with E-state index < -0.39 is 0 Å². The van der Waals surface area contributed by atoms with E-state index in [0.29, 0.717) is 22.4 Å². The number of anilines is 1. The highest BCUT2D eigenvalue weighted by molar-refractivity contribution is 7.18. The molecule has 2 aromatic heterocycles. The molecule has 0 radical (unpaired) electrons. The predicted molar refractivity (Wildman–Crippen MR) is 79.3 cm³/mol. The minimum absolute atomic E-state index is 0.203. The van der Waals surface area contributed by atoms with Crippen LogP contribution in [0.1, 0.15) is 25.5 Å². The van der Waals surface area contributed by atoms with E-state index in [-0.39, 0.29) is 11.7 Å². The average Bonchev–Trinajstić information content (AvgIpc) is 3.06. The van der Waals surface area contributed by atoms with Crippen LogP contribution in [0.25, 0.3) is 22.2 Å². The Labute approximate surface area is 124 Å². The lowest BCUT2D eigenvalue weighted by atomic mass is 10.1. The molecule has 0 spiro atoms. The van der Waals surface area contributed by atoms with Gasteiger partial charge in [0.2, 0.25) is 5.82 Å². The first-order valence-corrected chi connectivity index (χ1v) is 7.22. The summed E-state index contributed by atoms with van der Waals surface area (Å²) in [4.78, 5) is 9.43. The van der Waals surface area contributed by atoms with Gasteiger partial charge in [-0.3, -0.25) is 0 Å². The van der Waals surface area contributed by atoms with Crippen LogP contribution in [-0.4, -0.2) is 15.1 Å². The average molecular weight is 304 g/mol. The zero-order chi connectivity index (χ0) is 15.0. The smallest absolute Gasteiger partial charge is 0.270 e. The van der Waals surface area contributed by atoms with Crippen LogP contribution in [0.4, 0.5) is 9.52 Å². The summed E-state index contributed by atoms with van der Waals surface area (Å²) in [6.45, 7) is 4.05. The van der Waals surface area contributed by atoms with Gasteiger partial charge < -0.3 is 10.3 Å². The molecular formula is C14H13FN4OS. The first-order valence-electron chi connectivity index (χ1n) is 6.41. The predicted octanol–water partition coefficient (Wildman–Crippen LogP) is 3.70. The van der Waals surface area contributed by atoms with Crippen molar-refractivity contribution in [1.29, 1.82) is 0 Å². The van der Waals surface area contributed by atoms with Crippen molar-refractivity contribution in [3.63, 3.8) is 0 Å². The van der Waals surface area contributed by atoms with Gasteiger partial charge in [-0.15, -0.1) is 0 Å². The Morgan fingerprint density at radius 3 is 2.57 bits per heavy atom. The Hall–Kier alpha value is -2.28. The second kappa shape index (κ2) is 5.25. The zero-order valence-corrected chi connectivity index (χ0v) is 12.3. The molecule has 0 amide bonds. The summed E-state index contributed by atoms with van der Waals surface area (Å²) in [5.41, 5.74) is 7.29. The fraction of sp³-hybridized carbons (Fsp3) is 0.214. The van der Waals surface area contributed by atoms with E-state index in [1.165, 1.54) is 23.5 Å². The van der Waals surface area contributed by atoms with E-state index in [0.717, 1.165) is 10.6 Å². The summed E-state index contributed by atoms with van der Waals surface area (Å²) in [6, 6.07) is 5.92. The second-order valence-electron chi connectivity index (χ2n) is 4.85. The molecule has 2 N–H and O–H groups in total. The molecule has 0 aliphatic rings. The van der Waals surface area contributed by atoms with Gasteiger partial charge in [-0.2, -0.15) is 4.98 Å². The van der Waals surface area contributed by atoms with Crippen molar-refractivity contribution in [1.82, 2.24) is 15.1 Å². The number of hydrogen-bond acceptors (Lipinski definition) is 6. The van der Waals surface area contributed by atoms with Crippen LogP contribution in [0.3, 0.4) is 0 Å². The number of aromatic nitrogens is 3. The topological polar surface area (TPSA) is 77.8 Å². The number of hydrogen-bond donors (Lipinski definition) is 1. The summed E-state index contributed by atoms with van der Waals surface area (Å²) in [5, 5.41) is 4.40. The third kappa shape index (κ3) is 2.64. The molecule has 0 atom stereocenters. The molecule has 3 aromatic rings. The van der Waals surface area contributed by atoms with Gasteiger partial charge in [0.05, 0.1) is 5.69 Å². The molecule has 0 aliphatic carbocycles. The van der Waals surface area contributed by atoms with Crippen molar-refractivity contribution in [3.8, 4) is 22.2 Å². The fourth-order valence-electron chi connectivity index (χ4n) is 1.93. The lowest BCUT2D eigenvalue weighted by Crippen LogP contribution is -1.91. The SMILES string of the molecule is CC(C)c1nc(N)sc1-c1nc(-c2ccc(F)cc2)no1. The molecule has 0 fully saturated rings. The van der Waals surface area contributed by atoms with Crippen LogP contribution in [0.2, 0.25) is 0 Å². The Morgan fingerprint density at radius 1 is 1.19 bits per heavy atom. The molecule has 0 saturated carbocycles. The third-order valence-electron chi connectivity index (χ3n) is 2.94. The highest BCUT2D eigenvalue weighted by atomic mass is 32.1. The number of benzene rings is 1. The molecule has 0 saturated heterocycles. The van der Waals surface area contributed by atoms with Crippen LogP contribution in [0, 0.1) is 5.82 Å². The Kier molecular flexibility index (Phi) is 3.42. The molecule has 0 aliphatic heterocycles. The Morgan fingerprint density at radius 2 is 1.90 bits per heavy atom. The van der Waals surface area contributed by atoms with Crippen molar-refractivity contribution in [2.45, 2.75) is 19.8 Å². The molecule has 0 bridgehead atoms. The zero-order valence-electron chi connectivity index (χ0n) is 11.5. The Bertz CT molecular complexity index is 764. The highest BCUT2D eigenvalue weighted by Gasteiger charge is 2.20. The third-order valence-corrected chi connectivity index (χ3v) is 3.83. The number of rotatable bonds is 3. The minimum atomic E-state index is -0.306. The monoisotopic (exact) mass is 304 g/mol. The molecule has 108 valence electrons. The van der Waals surface area contributed by atoms with E-state index >= 15 is 0 Å². The number of halogens is 1. The first kappa shape index (κ1) is 13.7. The maximum absolute atomic E-state index is 12.9. The van der Waals surface area contributed by atoms with E-state index in [2.05, 4.69) is 15.1 Å². The summed E-state index contributed by atoms with van der Waals surface area (Å²) in [7, 11) is 0. The normalized spacial score (nSPS) is 11.2. The van der Waals surface area contributed by atoms with Crippen molar-refractivity contribution in [2.24, 2.45) is 0 Å². The fourth-order valence-corrected chi connectivity index (χ4v) is 2.83. The summed E-state index contributed by atoms with van der Waals surface area (Å²) >= 11 is 1.32. The van der Waals surface area contributed by atoms with Crippen molar-refractivity contribution in [2.75, 3.05) is 5.73 Å². The van der Waals surface area contributed by atoms with Crippen molar-refractivity contribution < 1.29 is 8.91 Å². The quantitative estimate of drug-likeness (QED) is 0.798. The number of thiazole rings is 1. The van der Waals surface area contributed by atoms with E-state index in [4.69, 9.17) is 10.3 Å². The van der Waals surface area contributed by atoms with Gasteiger partial charge in [0.25, 0.3) is 5.89 Å². The maximum atomic E-state index is 12.9. The van der Waals surface area contributed by atoms with Gasteiger partial charge in [0, 0.05) is 5.56 Å². The summed E-state index contributed by atoms with van der Waals surface area (Å²) < 4.78 is 18.2. The van der Waals surface area contributed by atoms with Gasteiger partial charge in [0.1, 0.15) is 10.7 Å². The lowest BCUT2D eigenvalue weighted by molar-refractivity contribution is 0.432. The van der Waals surface area contributed by atoms with E-state index in [9.17, 15) is 4.39 Å². The van der Waals surface area contributed by atoms with Crippen LogP contribution < -0.4 is 5.73 Å². The molecule has 5 nitrogen and oxygen atoms in total. The standard InChI is InChI=1S/C14H13FN4OS/c1-7(2)10-11(21-14(16)17-10)13-18-12(19-20-13)8-3-5-9(15)6-4-8/h3-7H,1-2H3,(H2,16,17). The van der Waals surface area contributed by atoms with E-state index in [1.807, 2.05) is 13.8 Å². The van der Waals surface area contributed by atoms with Crippen LogP contribution in [0.5, 0.6) is 0 Å². The lowest BCUT2D eigenvalue weighted by Gasteiger charge is -2.00. The summed E-state index contributed by atoms with van der Waals surface area (Å²) in [6.07, 6.45) is 0. The molecular weight excluding hydrogens is 291 g/mol. The molecule has 1 aromatic carbocycles. The molecule has 0 unspecified atom stereocenters. The summed E-state index contributed by atoms with van der Waals surface area (Å²) in [5.74, 6) is 0.688. The number of nitrogen functional groups attached to an aromatic ring is 1. The number of nitrogens with two attached hydrogens (primary N) is 1. The van der Waals surface area contributed by atoms with Crippen LogP contribution in [-0.2, 0) is 0 Å². The molecule has 3 rings (SSSR count). The molecule has 21 heavy (non-hydrogen) atoms. The Balaban J connectivity index is 2.00. The van der Waals surface area contributed by atoms with Gasteiger partial charge >= 0.3 is 0 Å². The first-order chi connectivity index (χ1) is 10.0. The minimum Gasteiger partial charge on any atom is -0.375 e. The molecule has 7 heteroatoms. The van der Waals surface area contributed by atoms with Crippen LogP contribution >= 0.6 is 11.3 Å². The van der Waals surface area contributed by atoms with Gasteiger partial charge in [0.15, 0.2) is 5.13 Å². The number of nitrogens with zero attached hydrogens (tertiary/aromatic N) is 3. The van der Waals surface area contributed by atoms with Crippen molar-refractivity contribution >= 4 is 16.5 Å². The maximum Gasteiger partial charge on any atom is 0.270 e. The van der Waals surface area contributed by atoms with Crippen molar-refractivity contribution in [3.05, 3.63) is 35.8 Å². The van der Waals surface area contributed by atoms with Gasteiger partial charge in [-0.1, -0.05) is 30.3 Å². The van der Waals surface area contributed by atoms with Crippen LogP contribution in [0.15, 0.2) is 28.8 Å². The highest BCUT2D eigenvalue weighted by Crippen LogP contribution is 2.35. The second-order valence-corrected chi connectivity index (χ2v) is 5.88. The van der Waals surface area contributed by atoms with Gasteiger partial charge in [-0.05, 0) is 30.2 Å². The van der Waals surface area contributed by atoms with Gasteiger partial charge in [-0.25, -0.2) is 9.37 Å². The largest absolute Gasteiger partial charge is 0.375 e. The van der Waals surface area contributed by atoms with E-state index in [1.54, 1.807) is 12.1 Å².